The lowest BCUT2D eigenvalue weighted by molar-refractivity contribution is -0.117. The molecule has 2 N–H and O–H groups in total. The van der Waals surface area contributed by atoms with Crippen molar-refractivity contribution < 1.29 is 14.3 Å². The Balaban J connectivity index is 1.43. The molecule has 0 atom stereocenters. The summed E-state index contributed by atoms with van der Waals surface area (Å²) in [5, 5.41) is 5.09. The zero-order valence-corrected chi connectivity index (χ0v) is 20.2. The molecule has 4 rings (SSSR count). The Kier molecular flexibility index (Phi) is 7.34. The molecule has 2 aromatic carbocycles. The molecule has 1 fully saturated rings. The van der Waals surface area contributed by atoms with E-state index in [0.717, 1.165) is 18.8 Å². The lowest BCUT2D eigenvalue weighted by atomic mass is 10.2. The lowest BCUT2D eigenvalue weighted by Crippen LogP contribution is -2.48. The Hall–Kier alpha value is -2.45. The highest BCUT2D eigenvalue weighted by Gasteiger charge is 2.24. The van der Waals surface area contributed by atoms with Crippen LogP contribution in [0.2, 0.25) is 15.1 Å². The zero-order chi connectivity index (χ0) is 23.5. The van der Waals surface area contributed by atoms with Gasteiger partial charge in [-0.1, -0.05) is 34.8 Å². The molecule has 1 saturated heterocycles. The summed E-state index contributed by atoms with van der Waals surface area (Å²) >= 11 is 18.3. The summed E-state index contributed by atoms with van der Waals surface area (Å²) in [6, 6.07) is 10.8. The lowest BCUT2D eigenvalue weighted by Gasteiger charge is -2.35. The van der Waals surface area contributed by atoms with Gasteiger partial charge < -0.3 is 19.9 Å². The van der Waals surface area contributed by atoms with Crippen LogP contribution >= 0.6 is 34.8 Å². The van der Waals surface area contributed by atoms with E-state index >= 15 is 0 Å². The van der Waals surface area contributed by atoms with Crippen molar-refractivity contribution in [3.8, 4) is 0 Å². The van der Waals surface area contributed by atoms with Crippen molar-refractivity contribution in [1.82, 2.24) is 9.88 Å². The van der Waals surface area contributed by atoms with E-state index < -0.39 is 5.97 Å². The fourth-order valence-corrected chi connectivity index (χ4v) is 4.34. The van der Waals surface area contributed by atoms with Crippen molar-refractivity contribution >= 4 is 69.0 Å². The van der Waals surface area contributed by atoms with Crippen LogP contribution in [-0.2, 0) is 9.53 Å². The molecule has 0 saturated carbocycles. The van der Waals surface area contributed by atoms with Gasteiger partial charge in [0, 0.05) is 47.8 Å². The first kappa shape index (κ1) is 23.7. The Bertz CT molecular complexity index is 1190. The van der Waals surface area contributed by atoms with Crippen molar-refractivity contribution in [3.63, 3.8) is 0 Å². The van der Waals surface area contributed by atoms with Gasteiger partial charge >= 0.3 is 5.97 Å². The average Bonchev–Trinajstić information content (AvgIpc) is 3.14. The monoisotopic (exact) mass is 508 g/mol. The second-order valence-corrected chi connectivity index (χ2v) is 8.95. The number of fused-ring (bicyclic) bond motifs is 1. The largest absolute Gasteiger partial charge is 0.461 e. The van der Waals surface area contributed by atoms with Crippen LogP contribution in [0.1, 0.15) is 17.4 Å². The van der Waals surface area contributed by atoms with E-state index in [9.17, 15) is 9.59 Å². The van der Waals surface area contributed by atoms with Crippen molar-refractivity contribution in [2.24, 2.45) is 0 Å². The number of rotatable bonds is 6. The number of esters is 1. The van der Waals surface area contributed by atoms with E-state index in [2.05, 4.69) is 20.1 Å². The molecule has 1 aromatic heterocycles. The second kappa shape index (κ2) is 10.2. The molecule has 7 nitrogen and oxygen atoms in total. The Labute approximate surface area is 206 Å². The third-order valence-corrected chi connectivity index (χ3v) is 6.49. The van der Waals surface area contributed by atoms with Gasteiger partial charge in [-0.2, -0.15) is 0 Å². The minimum atomic E-state index is -0.532. The summed E-state index contributed by atoms with van der Waals surface area (Å²) in [7, 11) is 0. The zero-order valence-electron chi connectivity index (χ0n) is 18.0. The van der Waals surface area contributed by atoms with Gasteiger partial charge in [-0.25, -0.2) is 4.79 Å². The van der Waals surface area contributed by atoms with Gasteiger partial charge in [0.2, 0.25) is 5.91 Å². The third-order valence-electron chi connectivity index (χ3n) is 5.51. The average molecular weight is 510 g/mol. The fourth-order valence-electron chi connectivity index (χ4n) is 3.88. The van der Waals surface area contributed by atoms with Crippen LogP contribution in [0.25, 0.3) is 10.9 Å². The van der Waals surface area contributed by atoms with Crippen molar-refractivity contribution in [2.75, 3.05) is 49.5 Å². The van der Waals surface area contributed by atoms with Gasteiger partial charge in [0.15, 0.2) is 0 Å². The number of aromatic amines is 1. The quantitative estimate of drug-likeness (QED) is 0.454. The molecule has 0 radical (unpaired) electrons. The number of aromatic nitrogens is 1. The summed E-state index contributed by atoms with van der Waals surface area (Å²) in [6.07, 6.45) is 0. The first-order valence-corrected chi connectivity index (χ1v) is 11.7. The molecule has 0 aliphatic carbocycles. The number of amides is 1. The fraction of sp³-hybridized carbons (Fsp3) is 0.304. The minimum absolute atomic E-state index is 0.199. The Morgan fingerprint density at radius 1 is 1.03 bits per heavy atom. The Morgan fingerprint density at radius 2 is 1.79 bits per heavy atom. The molecule has 2 heterocycles. The van der Waals surface area contributed by atoms with Gasteiger partial charge in [-0.05, 0) is 43.3 Å². The maximum atomic E-state index is 12.9. The molecular formula is C23H23Cl3N4O3. The van der Waals surface area contributed by atoms with Crippen LogP contribution in [0, 0.1) is 0 Å². The highest BCUT2D eigenvalue weighted by Crippen LogP contribution is 2.31. The molecule has 1 amide bonds. The van der Waals surface area contributed by atoms with Crippen LogP contribution < -0.4 is 10.2 Å². The minimum Gasteiger partial charge on any atom is -0.461 e. The van der Waals surface area contributed by atoms with Gasteiger partial charge in [-0.15, -0.1) is 0 Å². The standard InChI is InChI=1S/C23H23Cl3N4O3/c1-2-33-23(32)22-21(16-11-14(24)3-6-19(16)27-22)28-20(31)13-29-7-9-30(10-8-29)15-4-5-17(25)18(26)12-15/h3-6,11-12,27H,2,7-10,13H2,1H3,(H,28,31). The number of ether oxygens (including phenoxy) is 1. The number of hydrogen-bond donors (Lipinski definition) is 2. The first-order valence-electron chi connectivity index (χ1n) is 10.6. The van der Waals surface area contributed by atoms with Gasteiger partial charge in [0.25, 0.3) is 0 Å². The van der Waals surface area contributed by atoms with Gasteiger partial charge in [0.05, 0.1) is 28.9 Å². The van der Waals surface area contributed by atoms with E-state index in [4.69, 9.17) is 39.5 Å². The summed E-state index contributed by atoms with van der Waals surface area (Å²) in [6.45, 7) is 5.07. The van der Waals surface area contributed by atoms with Crippen molar-refractivity contribution in [1.29, 1.82) is 0 Å². The summed E-state index contributed by atoms with van der Waals surface area (Å²) in [5.41, 5.74) is 2.27. The molecule has 10 heteroatoms. The van der Waals surface area contributed by atoms with E-state index in [1.807, 2.05) is 12.1 Å². The van der Waals surface area contributed by atoms with Crippen LogP contribution in [0.15, 0.2) is 36.4 Å². The van der Waals surface area contributed by atoms with E-state index in [1.165, 1.54) is 0 Å². The number of H-pyrrole nitrogens is 1. The van der Waals surface area contributed by atoms with Crippen LogP contribution in [-0.4, -0.2) is 61.1 Å². The molecule has 1 aliphatic heterocycles. The summed E-state index contributed by atoms with van der Waals surface area (Å²) in [4.78, 5) is 32.6. The summed E-state index contributed by atoms with van der Waals surface area (Å²) < 4.78 is 5.14. The molecule has 0 bridgehead atoms. The number of carbonyl (C=O) groups excluding carboxylic acids is 2. The predicted molar refractivity (Wildman–Crippen MR) is 133 cm³/mol. The summed E-state index contributed by atoms with van der Waals surface area (Å²) in [5.74, 6) is -0.750. The SMILES string of the molecule is CCOC(=O)c1[nH]c2ccc(Cl)cc2c1NC(=O)CN1CCN(c2ccc(Cl)c(Cl)c2)CC1. The number of benzene rings is 2. The topological polar surface area (TPSA) is 77.7 Å². The molecule has 1 aliphatic rings. The van der Waals surface area contributed by atoms with E-state index in [1.54, 1.807) is 31.2 Å². The molecular weight excluding hydrogens is 487 g/mol. The number of nitrogens with zero attached hydrogens (tertiary/aromatic N) is 2. The van der Waals surface area contributed by atoms with Crippen LogP contribution in [0.3, 0.4) is 0 Å². The molecule has 3 aromatic rings. The Morgan fingerprint density at radius 3 is 2.48 bits per heavy atom. The van der Waals surface area contributed by atoms with Crippen molar-refractivity contribution in [2.45, 2.75) is 6.92 Å². The number of piperazine rings is 1. The highest BCUT2D eigenvalue weighted by molar-refractivity contribution is 6.42. The maximum absolute atomic E-state index is 12.9. The second-order valence-electron chi connectivity index (χ2n) is 7.70. The number of carbonyl (C=O) groups is 2. The van der Waals surface area contributed by atoms with Crippen LogP contribution in [0.4, 0.5) is 11.4 Å². The number of halogens is 3. The van der Waals surface area contributed by atoms with E-state index in [-0.39, 0.29) is 24.8 Å². The maximum Gasteiger partial charge on any atom is 0.356 e. The highest BCUT2D eigenvalue weighted by atomic mass is 35.5. The first-order chi connectivity index (χ1) is 15.9. The number of hydrogen-bond acceptors (Lipinski definition) is 5. The van der Waals surface area contributed by atoms with Crippen LogP contribution in [0.5, 0.6) is 0 Å². The van der Waals surface area contributed by atoms with Gasteiger partial charge in [0.1, 0.15) is 5.69 Å². The normalized spacial score (nSPS) is 14.5. The van der Waals surface area contributed by atoms with E-state index in [0.29, 0.717) is 44.7 Å². The molecule has 33 heavy (non-hydrogen) atoms. The predicted octanol–water partition coefficient (Wildman–Crippen LogP) is 5.07. The van der Waals surface area contributed by atoms with Gasteiger partial charge in [-0.3, -0.25) is 9.69 Å². The smallest absolute Gasteiger partial charge is 0.356 e. The molecule has 0 spiro atoms. The van der Waals surface area contributed by atoms with Crippen molar-refractivity contribution in [3.05, 3.63) is 57.2 Å². The number of nitrogens with one attached hydrogen (secondary N) is 2. The number of anilines is 2. The molecule has 0 unspecified atom stereocenters. The molecule has 174 valence electrons. The third kappa shape index (κ3) is 5.38.